The van der Waals surface area contributed by atoms with Gasteiger partial charge in [0.05, 0.1) is 6.26 Å². The smallest absolute Gasteiger partial charge is 0.326 e. The molecule has 0 spiro atoms. The predicted molar refractivity (Wildman–Crippen MR) is 59.8 cm³/mol. The third-order valence-corrected chi connectivity index (χ3v) is 2.70. The Labute approximate surface area is 98.1 Å². The van der Waals surface area contributed by atoms with E-state index in [1.54, 1.807) is 0 Å². The molecule has 0 bridgehead atoms. The van der Waals surface area contributed by atoms with E-state index in [0.29, 0.717) is 10.6 Å². The Balaban J connectivity index is 3.03. The zero-order chi connectivity index (χ0) is 12.3. The van der Waals surface area contributed by atoms with Crippen LogP contribution < -0.4 is 4.72 Å². The zero-order valence-corrected chi connectivity index (χ0v) is 9.92. The Kier molecular flexibility index (Phi) is 3.90. The maximum absolute atomic E-state index is 11.0. The molecule has 1 aromatic rings. The molecule has 0 saturated heterocycles. The Hall–Kier alpha value is -1.11. The first kappa shape index (κ1) is 13.0. The second-order valence-electron chi connectivity index (χ2n) is 3.21. The number of benzene rings is 1. The van der Waals surface area contributed by atoms with Gasteiger partial charge in [0.2, 0.25) is 10.0 Å². The van der Waals surface area contributed by atoms with E-state index in [9.17, 15) is 13.2 Å². The van der Waals surface area contributed by atoms with Gasteiger partial charge < -0.3 is 5.11 Å². The first-order valence-corrected chi connectivity index (χ1v) is 6.52. The molecule has 0 saturated carbocycles. The SMILES string of the molecule is CS(=O)(=O)NC(C(=O)O)c1ccc(Cl)cc1. The summed E-state index contributed by atoms with van der Waals surface area (Å²) in [6, 6.07) is 4.61. The molecule has 1 aromatic carbocycles. The van der Waals surface area contributed by atoms with Gasteiger partial charge in [-0.2, -0.15) is 4.72 Å². The molecule has 0 aliphatic carbocycles. The highest BCUT2D eigenvalue weighted by Crippen LogP contribution is 2.17. The van der Waals surface area contributed by atoms with E-state index in [1.807, 2.05) is 4.72 Å². The van der Waals surface area contributed by atoms with Gasteiger partial charge in [-0.3, -0.25) is 4.79 Å². The van der Waals surface area contributed by atoms with Gasteiger partial charge in [0.1, 0.15) is 6.04 Å². The minimum Gasteiger partial charge on any atom is -0.480 e. The Bertz CT molecular complexity index is 483. The van der Waals surface area contributed by atoms with Crippen LogP contribution in [0.5, 0.6) is 0 Å². The second-order valence-corrected chi connectivity index (χ2v) is 5.43. The second kappa shape index (κ2) is 4.82. The largest absolute Gasteiger partial charge is 0.480 e. The lowest BCUT2D eigenvalue weighted by atomic mass is 10.1. The van der Waals surface area contributed by atoms with E-state index in [1.165, 1.54) is 24.3 Å². The molecular formula is C9H10ClNO4S. The van der Waals surface area contributed by atoms with Crippen molar-refractivity contribution in [3.63, 3.8) is 0 Å². The first-order valence-electron chi connectivity index (χ1n) is 4.25. The summed E-state index contributed by atoms with van der Waals surface area (Å²) >= 11 is 5.64. The van der Waals surface area contributed by atoms with Crippen molar-refractivity contribution in [3.05, 3.63) is 34.9 Å². The fourth-order valence-electron chi connectivity index (χ4n) is 1.13. The average molecular weight is 264 g/mol. The zero-order valence-electron chi connectivity index (χ0n) is 8.34. The first-order chi connectivity index (χ1) is 7.29. The van der Waals surface area contributed by atoms with Crippen LogP contribution in [0.1, 0.15) is 11.6 Å². The fourth-order valence-corrected chi connectivity index (χ4v) is 1.92. The summed E-state index contributed by atoms with van der Waals surface area (Å²) in [6.45, 7) is 0. The highest BCUT2D eigenvalue weighted by Gasteiger charge is 2.23. The molecule has 16 heavy (non-hydrogen) atoms. The Morgan fingerprint density at radius 1 is 1.38 bits per heavy atom. The average Bonchev–Trinajstić information content (AvgIpc) is 2.14. The van der Waals surface area contributed by atoms with Crippen molar-refractivity contribution in [2.45, 2.75) is 6.04 Å². The molecule has 88 valence electrons. The summed E-state index contributed by atoms with van der Waals surface area (Å²) in [5.74, 6) is -1.27. The molecule has 0 aromatic heterocycles. The molecule has 0 amide bonds. The van der Waals surface area contributed by atoms with Gasteiger partial charge in [-0.1, -0.05) is 23.7 Å². The normalized spacial score (nSPS) is 13.4. The molecule has 1 unspecified atom stereocenters. The third kappa shape index (κ3) is 3.80. The standard InChI is InChI=1S/C9H10ClNO4S/c1-16(14,15)11-8(9(12)13)6-2-4-7(10)5-3-6/h2-5,8,11H,1H3,(H,12,13). The van der Waals surface area contributed by atoms with Crippen LogP contribution in [-0.4, -0.2) is 25.7 Å². The number of carboxylic acids is 1. The monoisotopic (exact) mass is 263 g/mol. The molecule has 0 aliphatic rings. The number of rotatable bonds is 4. The van der Waals surface area contributed by atoms with Gasteiger partial charge in [0, 0.05) is 5.02 Å². The molecule has 5 nitrogen and oxygen atoms in total. The summed E-state index contributed by atoms with van der Waals surface area (Å²) in [6.07, 6.45) is 0.902. The number of carbonyl (C=O) groups is 1. The van der Waals surface area contributed by atoms with Crippen LogP contribution in [0.3, 0.4) is 0 Å². The van der Waals surface area contributed by atoms with Crippen molar-refractivity contribution in [2.24, 2.45) is 0 Å². The number of halogens is 1. The summed E-state index contributed by atoms with van der Waals surface area (Å²) in [4.78, 5) is 10.9. The van der Waals surface area contributed by atoms with Gasteiger partial charge in [-0.05, 0) is 17.7 Å². The molecule has 1 atom stereocenters. The number of hydrogen-bond donors (Lipinski definition) is 2. The van der Waals surface area contributed by atoms with Gasteiger partial charge in [-0.15, -0.1) is 0 Å². The van der Waals surface area contributed by atoms with E-state index in [2.05, 4.69) is 0 Å². The minimum absolute atomic E-state index is 0.322. The molecule has 1 rings (SSSR count). The third-order valence-electron chi connectivity index (χ3n) is 1.78. The lowest BCUT2D eigenvalue weighted by Crippen LogP contribution is -2.32. The van der Waals surface area contributed by atoms with Gasteiger partial charge >= 0.3 is 5.97 Å². The van der Waals surface area contributed by atoms with E-state index < -0.39 is 22.0 Å². The van der Waals surface area contributed by atoms with Crippen molar-refractivity contribution in [2.75, 3.05) is 6.26 Å². The van der Waals surface area contributed by atoms with Crippen LogP contribution in [0.4, 0.5) is 0 Å². The lowest BCUT2D eigenvalue weighted by Gasteiger charge is -2.13. The van der Waals surface area contributed by atoms with E-state index in [0.717, 1.165) is 6.26 Å². The molecule has 0 aliphatic heterocycles. The van der Waals surface area contributed by atoms with Crippen molar-refractivity contribution in [1.29, 1.82) is 0 Å². The Morgan fingerprint density at radius 2 is 1.88 bits per heavy atom. The molecule has 2 N–H and O–H groups in total. The highest BCUT2D eigenvalue weighted by atomic mass is 35.5. The number of sulfonamides is 1. The van der Waals surface area contributed by atoms with Crippen molar-refractivity contribution in [3.8, 4) is 0 Å². The summed E-state index contributed by atoms with van der Waals surface area (Å²) in [5.41, 5.74) is 0.322. The fraction of sp³-hybridized carbons (Fsp3) is 0.222. The molecule has 7 heteroatoms. The van der Waals surface area contributed by atoms with Crippen molar-refractivity contribution >= 4 is 27.6 Å². The van der Waals surface area contributed by atoms with Crippen LogP contribution in [0.15, 0.2) is 24.3 Å². The summed E-state index contributed by atoms with van der Waals surface area (Å²) in [7, 11) is -3.59. The molecule has 0 heterocycles. The molecule has 0 fully saturated rings. The highest BCUT2D eigenvalue weighted by molar-refractivity contribution is 7.88. The molecule has 0 radical (unpaired) electrons. The van der Waals surface area contributed by atoms with Crippen LogP contribution in [0.2, 0.25) is 5.02 Å². The Morgan fingerprint density at radius 3 is 2.25 bits per heavy atom. The van der Waals surface area contributed by atoms with Crippen LogP contribution in [-0.2, 0) is 14.8 Å². The lowest BCUT2D eigenvalue weighted by molar-refractivity contribution is -0.139. The van der Waals surface area contributed by atoms with Gasteiger partial charge in [0.15, 0.2) is 0 Å². The van der Waals surface area contributed by atoms with Crippen molar-refractivity contribution in [1.82, 2.24) is 4.72 Å². The van der Waals surface area contributed by atoms with E-state index >= 15 is 0 Å². The summed E-state index contributed by atoms with van der Waals surface area (Å²) in [5, 5.41) is 9.35. The van der Waals surface area contributed by atoms with Gasteiger partial charge in [0.25, 0.3) is 0 Å². The number of nitrogens with one attached hydrogen (secondary N) is 1. The molecular weight excluding hydrogens is 254 g/mol. The van der Waals surface area contributed by atoms with Crippen LogP contribution >= 0.6 is 11.6 Å². The van der Waals surface area contributed by atoms with Crippen LogP contribution in [0.25, 0.3) is 0 Å². The maximum Gasteiger partial charge on any atom is 0.326 e. The van der Waals surface area contributed by atoms with Crippen molar-refractivity contribution < 1.29 is 18.3 Å². The van der Waals surface area contributed by atoms with E-state index in [-0.39, 0.29) is 0 Å². The minimum atomic E-state index is -3.59. The summed E-state index contributed by atoms with van der Waals surface area (Å²) < 4.78 is 24.0. The van der Waals surface area contributed by atoms with Gasteiger partial charge in [-0.25, -0.2) is 8.42 Å². The van der Waals surface area contributed by atoms with Crippen LogP contribution in [0, 0.1) is 0 Å². The number of aliphatic carboxylic acids is 1. The maximum atomic E-state index is 11.0. The quantitative estimate of drug-likeness (QED) is 0.849. The van der Waals surface area contributed by atoms with E-state index in [4.69, 9.17) is 16.7 Å². The number of hydrogen-bond acceptors (Lipinski definition) is 3. The predicted octanol–water partition coefficient (Wildman–Crippen LogP) is 1.01. The topological polar surface area (TPSA) is 83.5 Å². The number of carboxylic acid groups (broad SMARTS) is 1.